The predicted octanol–water partition coefficient (Wildman–Crippen LogP) is 1.12. The smallest absolute Gasteiger partial charge is 0.244 e. The third-order valence-corrected chi connectivity index (χ3v) is 6.89. The van der Waals surface area contributed by atoms with Crippen molar-refractivity contribution < 1.29 is 27.8 Å². The average molecular weight is 455 g/mol. The highest BCUT2D eigenvalue weighted by molar-refractivity contribution is 7.89. The van der Waals surface area contributed by atoms with Gasteiger partial charge in [0.15, 0.2) is 0 Å². The van der Waals surface area contributed by atoms with Gasteiger partial charge in [-0.05, 0) is 37.3 Å². The molecule has 2 aromatic rings. The first kappa shape index (κ1) is 23.2. The molecule has 0 bridgehead atoms. The Morgan fingerprint density at radius 2 is 1.97 bits per heavy atom. The fourth-order valence-electron chi connectivity index (χ4n) is 3.33. The minimum absolute atomic E-state index is 0.0338. The fraction of sp³-hybridized carbons (Fsp3) is 0.273. The highest BCUT2D eigenvalue weighted by Crippen LogP contribution is 2.32. The van der Waals surface area contributed by atoms with Gasteiger partial charge in [-0.3, -0.25) is 0 Å². The van der Waals surface area contributed by atoms with Gasteiger partial charge in [-0.1, -0.05) is 5.92 Å². The van der Waals surface area contributed by atoms with E-state index < -0.39 is 40.7 Å². The van der Waals surface area contributed by atoms with Crippen molar-refractivity contribution in [3.05, 3.63) is 58.9 Å². The first-order valence-electron chi connectivity index (χ1n) is 9.35. The molecule has 3 rings (SSSR count). The van der Waals surface area contributed by atoms with Crippen LogP contribution in [0.5, 0.6) is 5.75 Å². The zero-order valence-corrected chi connectivity index (χ0v) is 17.7. The summed E-state index contributed by atoms with van der Waals surface area (Å²) in [5, 5.41) is 38.5. The number of hydrogen-bond acceptors (Lipinski definition) is 7. The maximum atomic E-state index is 13.9. The van der Waals surface area contributed by atoms with Gasteiger partial charge in [-0.15, -0.1) is 5.92 Å². The minimum atomic E-state index is -4.19. The maximum absolute atomic E-state index is 13.9. The number of aliphatic hydroxyl groups is 2. The van der Waals surface area contributed by atoms with E-state index in [0.29, 0.717) is 0 Å². The molecule has 1 aliphatic heterocycles. The van der Waals surface area contributed by atoms with Crippen molar-refractivity contribution in [2.45, 2.75) is 23.5 Å². The molecule has 164 valence electrons. The van der Waals surface area contributed by atoms with E-state index in [1.54, 1.807) is 6.07 Å². The fourth-order valence-corrected chi connectivity index (χ4v) is 4.96. The molecular formula is C22H18FN3O5S. The molecule has 0 aliphatic carbocycles. The number of halogens is 1. The Kier molecular flexibility index (Phi) is 6.50. The molecule has 2 atom stereocenters. The van der Waals surface area contributed by atoms with E-state index in [4.69, 9.17) is 15.3 Å². The van der Waals surface area contributed by atoms with Crippen LogP contribution in [0.4, 0.5) is 4.39 Å². The minimum Gasteiger partial charge on any atom is -0.486 e. The van der Waals surface area contributed by atoms with Crippen LogP contribution in [0.15, 0.2) is 41.3 Å². The van der Waals surface area contributed by atoms with E-state index in [-0.39, 0.29) is 33.9 Å². The van der Waals surface area contributed by atoms with Gasteiger partial charge in [0, 0.05) is 18.2 Å². The third-order valence-electron chi connectivity index (χ3n) is 5.02. The monoisotopic (exact) mass is 455 g/mol. The van der Waals surface area contributed by atoms with Crippen LogP contribution in [0.3, 0.4) is 0 Å². The molecule has 0 aromatic heterocycles. The molecule has 8 nitrogen and oxygen atoms in total. The lowest BCUT2D eigenvalue weighted by molar-refractivity contribution is -0.0641. The molecule has 0 radical (unpaired) electrons. The topological polar surface area (TPSA) is 135 Å². The van der Waals surface area contributed by atoms with Crippen molar-refractivity contribution in [1.29, 1.82) is 10.5 Å². The molecule has 1 saturated heterocycles. The van der Waals surface area contributed by atoms with Crippen LogP contribution < -0.4 is 4.74 Å². The number of ether oxygens (including phenoxy) is 1. The summed E-state index contributed by atoms with van der Waals surface area (Å²) in [5.41, 5.74) is -1.80. The van der Waals surface area contributed by atoms with Crippen LogP contribution in [-0.4, -0.2) is 54.3 Å². The molecule has 0 spiro atoms. The average Bonchev–Trinajstić information content (AvgIpc) is 3.11. The van der Waals surface area contributed by atoms with Crippen molar-refractivity contribution in [3.63, 3.8) is 0 Å². The number of aliphatic hydroxyl groups excluding tert-OH is 1. The SMILES string of the molecule is CC#Cc1cc(C#N)ccc1S(=O)(=O)N1C[C@H](Oc2ccc(C#N)c(F)c2)[C@](O)(CO)C1. The van der Waals surface area contributed by atoms with Crippen LogP contribution in [0.2, 0.25) is 0 Å². The molecule has 2 N–H and O–H groups in total. The van der Waals surface area contributed by atoms with Gasteiger partial charge in [-0.25, -0.2) is 12.8 Å². The highest BCUT2D eigenvalue weighted by Gasteiger charge is 2.51. The van der Waals surface area contributed by atoms with E-state index in [2.05, 4.69) is 11.8 Å². The zero-order valence-electron chi connectivity index (χ0n) is 16.9. The van der Waals surface area contributed by atoms with E-state index in [1.807, 2.05) is 6.07 Å². The van der Waals surface area contributed by atoms with E-state index in [0.717, 1.165) is 10.4 Å². The summed E-state index contributed by atoms with van der Waals surface area (Å²) in [7, 11) is -4.19. The third kappa shape index (κ3) is 4.29. The zero-order chi connectivity index (χ0) is 23.5. The summed E-state index contributed by atoms with van der Waals surface area (Å²) < 4.78 is 47.1. The molecule has 0 saturated carbocycles. The summed E-state index contributed by atoms with van der Waals surface area (Å²) in [6.07, 6.45) is -1.21. The Bertz CT molecular complexity index is 1300. The summed E-state index contributed by atoms with van der Waals surface area (Å²) in [4.78, 5) is -0.156. The Morgan fingerprint density at radius 3 is 2.56 bits per heavy atom. The Balaban J connectivity index is 1.95. The Labute approximate surface area is 184 Å². The molecule has 32 heavy (non-hydrogen) atoms. The van der Waals surface area contributed by atoms with E-state index in [1.165, 1.54) is 37.3 Å². The molecular weight excluding hydrogens is 437 g/mol. The number of sulfonamides is 1. The van der Waals surface area contributed by atoms with E-state index >= 15 is 0 Å². The number of β-amino-alcohol motifs (C(OH)–C–C–N with tert-alkyl or cyclic N) is 1. The lowest BCUT2D eigenvalue weighted by Crippen LogP contribution is -2.48. The summed E-state index contributed by atoms with van der Waals surface area (Å²) in [6.45, 7) is -0.0951. The lowest BCUT2D eigenvalue weighted by Gasteiger charge is -2.27. The molecule has 10 heteroatoms. The number of nitrogens with zero attached hydrogens (tertiary/aromatic N) is 3. The normalized spacial score (nSPS) is 20.6. The van der Waals surface area contributed by atoms with Crippen molar-refractivity contribution in [2.75, 3.05) is 19.7 Å². The Morgan fingerprint density at radius 1 is 1.22 bits per heavy atom. The molecule has 1 aliphatic rings. The summed E-state index contributed by atoms with van der Waals surface area (Å²) in [5.74, 6) is 4.41. The largest absolute Gasteiger partial charge is 0.486 e. The second-order valence-electron chi connectivity index (χ2n) is 7.12. The molecule has 1 heterocycles. The van der Waals surface area contributed by atoms with Crippen LogP contribution in [0.25, 0.3) is 0 Å². The van der Waals surface area contributed by atoms with Crippen LogP contribution in [0, 0.1) is 40.3 Å². The molecule has 0 amide bonds. The first-order chi connectivity index (χ1) is 15.2. The van der Waals surface area contributed by atoms with Crippen molar-refractivity contribution in [2.24, 2.45) is 0 Å². The van der Waals surface area contributed by atoms with Gasteiger partial charge in [0.05, 0.1) is 35.2 Å². The van der Waals surface area contributed by atoms with Crippen LogP contribution in [0.1, 0.15) is 23.6 Å². The van der Waals surface area contributed by atoms with Gasteiger partial charge in [0.2, 0.25) is 10.0 Å². The second-order valence-corrected chi connectivity index (χ2v) is 9.02. The van der Waals surface area contributed by atoms with Crippen molar-refractivity contribution >= 4 is 10.0 Å². The summed E-state index contributed by atoms with van der Waals surface area (Å²) >= 11 is 0. The van der Waals surface area contributed by atoms with Crippen molar-refractivity contribution in [3.8, 4) is 29.7 Å². The first-order valence-corrected chi connectivity index (χ1v) is 10.8. The van der Waals surface area contributed by atoms with Gasteiger partial charge in [-0.2, -0.15) is 14.8 Å². The number of benzene rings is 2. The van der Waals surface area contributed by atoms with Gasteiger partial charge in [0.25, 0.3) is 0 Å². The quantitative estimate of drug-likeness (QED) is 0.645. The molecule has 2 aromatic carbocycles. The van der Waals surface area contributed by atoms with Crippen molar-refractivity contribution in [1.82, 2.24) is 4.31 Å². The van der Waals surface area contributed by atoms with Gasteiger partial charge >= 0.3 is 0 Å². The lowest BCUT2D eigenvalue weighted by atomic mass is 10.0. The highest BCUT2D eigenvalue weighted by atomic mass is 32.2. The van der Waals surface area contributed by atoms with E-state index in [9.17, 15) is 23.0 Å². The Hall–Kier alpha value is -3.46. The maximum Gasteiger partial charge on any atom is 0.244 e. The number of hydrogen-bond donors (Lipinski definition) is 2. The van der Waals surface area contributed by atoms with Gasteiger partial charge < -0.3 is 14.9 Å². The second kappa shape index (κ2) is 8.96. The molecule has 1 fully saturated rings. The van der Waals surface area contributed by atoms with Crippen LogP contribution >= 0.6 is 0 Å². The summed E-state index contributed by atoms with van der Waals surface area (Å²) in [6, 6.07) is 11.0. The van der Waals surface area contributed by atoms with Crippen LogP contribution in [-0.2, 0) is 10.0 Å². The molecule has 0 unspecified atom stereocenters. The number of rotatable bonds is 5. The number of nitriles is 2. The predicted molar refractivity (Wildman–Crippen MR) is 110 cm³/mol. The standard InChI is InChI=1S/C22H18FN3O5S/c1-2-3-16-8-15(10-24)4-7-20(16)32(29,30)26-12-21(22(28,13-26)14-27)31-18-6-5-17(11-25)19(23)9-18/h4-9,21,27-28H,12-14H2,1H3/t21-,22+/m0/s1. The van der Waals surface area contributed by atoms with Gasteiger partial charge in [0.1, 0.15) is 29.3 Å².